The minimum Gasteiger partial charge on any atom is -0.395 e. The van der Waals surface area contributed by atoms with Gasteiger partial charge in [0.05, 0.1) is 26.4 Å². The van der Waals surface area contributed by atoms with Gasteiger partial charge in [0.25, 0.3) is 0 Å². The summed E-state index contributed by atoms with van der Waals surface area (Å²) in [5.74, 6) is 1.07. The normalized spacial score (nSPS) is 29.6. The van der Waals surface area contributed by atoms with E-state index in [9.17, 15) is 0 Å². The minimum atomic E-state index is -0.241. The lowest BCUT2D eigenvalue weighted by atomic mass is 9.94. The second kappa shape index (κ2) is 7.32. The van der Waals surface area contributed by atoms with E-state index in [4.69, 9.17) is 14.6 Å². The van der Waals surface area contributed by atoms with E-state index in [1.807, 2.05) is 0 Å². The number of β-amino-alcohol motifs (C(OH)–C–C–N with tert-alkyl or cyclic N) is 1. The van der Waals surface area contributed by atoms with Crippen molar-refractivity contribution in [2.75, 3.05) is 57.9 Å². The van der Waals surface area contributed by atoms with E-state index in [1.165, 1.54) is 0 Å². The van der Waals surface area contributed by atoms with Crippen molar-refractivity contribution >= 4 is 5.95 Å². The first-order valence-corrected chi connectivity index (χ1v) is 7.85. The van der Waals surface area contributed by atoms with Gasteiger partial charge >= 0.3 is 0 Å². The van der Waals surface area contributed by atoms with Gasteiger partial charge in [0.1, 0.15) is 5.60 Å². The van der Waals surface area contributed by atoms with E-state index >= 15 is 0 Å². The maximum Gasteiger partial charge on any atom is 0.222 e. The van der Waals surface area contributed by atoms with Crippen molar-refractivity contribution in [2.45, 2.75) is 12.0 Å². The largest absolute Gasteiger partial charge is 0.395 e. The zero-order chi connectivity index (χ0) is 15.3. The van der Waals surface area contributed by atoms with Gasteiger partial charge in [-0.1, -0.05) is 0 Å². The van der Waals surface area contributed by atoms with Crippen LogP contribution in [0.5, 0.6) is 0 Å². The molecule has 0 radical (unpaired) electrons. The lowest BCUT2D eigenvalue weighted by Gasteiger charge is -2.30. The Morgan fingerprint density at radius 1 is 1.41 bits per heavy atom. The van der Waals surface area contributed by atoms with E-state index in [-0.39, 0.29) is 12.2 Å². The Kier molecular flexibility index (Phi) is 5.20. The monoisotopic (exact) mass is 308 g/mol. The summed E-state index contributed by atoms with van der Waals surface area (Å²) in [7, 11) is 0. The Hall–Kier alpha value is -1.28. The molecule has 0 aliphatic carbocycles. The molecular formula is C15H24N4O3. The third-order valence-electron chi connectivity index (χ3n) is 4.25. The summed E-state index contributed by atoms with van der Waals surface area (Å²) < 4.78 is 11.8. The molecule has 7 heteroatoms. The van der Waals surface area contributed by atoms with Crippen molar-refractivity contribution in [1.82, 2.24) is 14.9 Å². The Morgan fingerprint density at radius 3 is 3.09 bits per heavy atom. The Balaban J connectivity index is 1.53. The van der Waals surface area contributed by atoms with Crippen LogP contribution in [-0.4, -0.2) is 78.2 Å². The van der Waals surface area contributed by atoms with Crippen LogP contribution in [0.4, 0.5) is 5.95 Å². The van der Waals surface area contributed by atoms with Gasteiger partial charge in [-0.2, -0.15) is 0 Å². The molecule has 0 aromatic carbocycles. The fraction of sp³-hybridized carbons (Fsp3) is 0.733. The van der Waals surface area contributed by atoms with Crippen LogP contribution in [0.1, 0.15) is 6.42 Å². The number of aliphatic hydroxyl groups excluding tert-OH is 1. The van der Waals surface area contributed by atoms with Crippen LogP contribution < -0.4 is 5.32 Å². The Bertz CT molecular complexity index is 461. The summed E-state index contributed by atoms with van der Waals surface area (Å²) in [5, 5.41) is 12.4. The van der Waals surface area contributed by atoms with Crippen LogP contribution in [0.15, 0.2) is 18.5 Å². The number of hydrogen-bond acceptors (Lipinski definition) is 7. The number of anilines is 1. The summed E-state index contributed by atoms with van der Waals surface area (Å²) in [6.45, 7) is 5.38. The molecule has 1 aromatic rings. The third-order valence-corrected chi connectivity index (χ3v) is 4.25. The number of hydrogen-bond donors (Lipinski definition) is 2. The molecule has 0 bridgehead atoms. The van der Waals surface area contributed by atoms with E-state index < -0.39 is 0 Å². The molecule has 0 amide bonds. The molecule has 22 heavy (non-hydrogen) atoms. The van der Waals surface area contributed by atoms with Crippen molar-refractivity contribution < 1.29 is 14.6 Å². The first-order chi connectivity index (χ1) is 10.8. The van der Waals surface area contributed by atoms with E-state index in [0.29, 0.717) is 31.6 Å². The van der Waals surface area contributed by atoms with E-state index in [2.05, 4.69) is 20.2 Å². The van der Waals surface area contributed by atoms with Crippen molar-refractivity contribution in [3.8, 4) is 0 Å². The summed E-state index contributed by atoms with van der Waals surface area (Å²) in [5.41, 5.74) is -0.241. The topological polar surface area (TPSA) is 79.7 Å². The van der Waals surface area contributed by atoms with Crippen LogP contribution in [0.2, 0.25) is 0 Å². The highest BCUT2D eigenvalue weighted by Crippen LogP contribution is 2.32. The van der Waals surface area contributed by atoms with Gasteiger partial charge in [-0.05, 0) is 12.5 Å². The van der Waals surface area contributed by atoms with Gasteiger partial charge < -0.3 is 19.9 Å². The summed E-state index contributed by atoms with van der Waals surface area (Å²) in [4.78, 5) is 10.6. The fourth-order valence-corrected chi connectivity index (χ4v) is 3.22. The Morgan fingerprint density at radius 2 is 2.27 bits per heavy atom. The van der Waals surface area contributed by atoms with Crippen LogP contribution in [0.3, 0.4) is 0 Å². The summed E-state index contributed by atoms with van der Waals surface area (Å²) in [6.07, 6.45) is 4.41. The summed E-state index contributed by atoms with van der Waals surface area (Å²) in [6, 6.07) is 1.80. The molecule has 122 valence electrons. The second-order valence-electron chi connectivity index (χ2n) is 6.07. The quantitative estimate of drug-likeness (QED) is 0.792. The summed E-state index contributed by atoms with van der Waals surface area (Å²) >= 11 is 0. The van der Waals surface area contributed by atoms with Gasteiger partial charge in [0, 0.05) is 44.5 Å². The first-order valence-electron chi connectivity index (χ1n) is 7.85. The molecule has 0 saturated carbocycles. The third kappa shape index (κ3) is 3.92. The van der Waals surface area contributed by atoms with Gasteiger partial charge in [-0.25, -0.2) is 9.97 Å². The van der Waals surface area contributed by atoms with Crippen LogP contribution in [-0.2, 0) is 9.47 Å². The maximum atomic E-state index is 9.16. The average molecular weight is 308 g/mol. The molecule has 2 aliphatic rings. The van der Waals surface area contributed by atoms with Crippen LogP contribution in [0.25, 0.3) is 0 Å². The number of rotatable bonds is 5. The van der Waals surface area contributed by atoms with Crippen LogP contribution in [0, 0.1) is 5.92 Å². The molecule has 2 N–H and O–H groups in total. The molecule has 3 heterocycles. The molecule has 2 atom stereocenters. The second-order valence-corrected chi connectivity index (χ2v) is 6.07. The number of nitrogens with one attached hydrogen (secondary N) is 1. The van der Waals surface area contributed by atoms with E-state index in [0.717, 1.165) is 32.7 Å². The molecular weight excluding hydrogens is 284 g/mol. The number of aliphatic hydroxyl groups is 1. The molecule has 2 saturated heterocycles. The van der Waals surface area contributed by atoms with Crippen molar-refractivity contribution in [3.05, 3.63) is 18.5 Å². The van der Waals surface area contributed by atoms with Gasteiger partial charge in [-0.3, -0.25) is 4.90 Å². The van der Waals surface area contributed by atoms with Crippen molar-refractivity contribution in [2.24, 2.45) is 5.92 Å². The molecule has 7 nitrogen and oxygen atoms in total. The maximum absolute atomic E-state index is 9.16. The zero-order valence-electron chi connectivity index (χ0n) is 12.8. The lowest BCUT2D eigenvalue weighted by Crippen LogP contribution is -2.45. The van der Waals surface area contributed by atoms with Crippen LogP contribution >= 0.6 is 0 Å². The minimum absolute atomic E-state index is 0.173. The highest BCUT2D eigenvalue weighted by molar-refractivity contribution is 5.22. The number of ether oxygens (including phenoxy) is 2. The Labute approximate surface area is 130 Å². The highest BCUT2D eigenvalue weighted by atomic mass is 16.5. The van der Waals surface area contributed by atoms with Gasteiger partial charge in [0.15, 0.2) is 0 Å². The molecule has 1 spiro atoms. The smallest absolute Gasteiger partial charge is 0.222 e. The van der Waals surface area contributed by atoms with Gasteiger partial charge in [0.2, 0.25) is 5.95 Å². The molecule has 2 aliphatic heterocycles. The molecule has 2 fully saturated rings. The van der Waals surface area contributed by atoms with E-state index in [1.54, 1.807) is 18.5 Å². The van der Waals surface area contributed by atoms with Crippen molar-refractivity contribution in [1.29, 1.82) is 0 Å². The predicted molar refractivity (Wildman–Crippen MR) is 81.7 cm³/mol. The number of nitrogens with zero attached hydrogens (tertiary/aromatic N) is 3. The zero-order valence-corrected chi connectivity index (χ0v) is 12.8. The first kappa shape index (κ1) is 15.6. The average Bonchev–Trinajstić information content (AvgIpc) is 2.82. The molecule has 2 unspecified atom stereocenters. The standard InChI is InChI=1S/C15H24N4O3/c20-6-4-19-5-7-21-12-15(11-19)8-13(10-22-15)9-18-14-16-2-1-3-17-14/h1-3,13,20H,4-12H2,(H,16,17,18). The molecule has 3 rings (SSSR count). The van der Waals surface area contributed by atoms with Gasteiger partial charge in [-0.15, -0.1) is 0 Å². The van der Waals surface area contributed by atoms with Crippen molar-refractivity contribution in [3.63, 3.8) is 0 Å². The lowest BCUT2D eigenvalue weighted by molar-refractivity contribution is -0.0563. The highest BCUT2D eigenvalue weighted by Gasteiger charge is 2.43. The fourth-order valence-electron chi connectivity index (χ4n) is 3.22. The SMILES string of the molecule is OCCN1CCOCC2(CC(CNc3ncccn3)CO2)C1. The number of aromatic nitrogens is 2. The predicted octanol–water partition coefficient (Wildman–Crippen LogP) is -0.0117. The molecule has 1 aromatic heterocycles.